The molecule has 0 unspecified atom stereocenters. The molecule has 2 rings (SSSR count). The van der Waals surface area contributed by atoms with Crippen molar-refractivity contribution < 1.29 is 4.79 Å². The van der Waals surface area contributed by atoms with Crippen molar-refractivity contribution in [1.82, 2.24) is 10.3 Å². The minimum absolute atomic E-state index is 0.0948. The molecular formula is C15H16N2O. The molecule has 0 aliphatic carbocycles. The average molecular weight is 240 g/mol. The van der Waals surface area contributed by atoms with Crippen molar-refractivity contribution in [3.05, 3.63) is 65.5 Å². The highest BCUT2D eigenvalue weighted by molar-refractivity contribution is 5.93. The summed E-state index contributed by atoms with van der Waals surface area (Å²) in [5, 5.41) is 2.87. The molecule has 18 heavy (non-hydrogen) atoms. The molecule has 1 aromatic heterocycles. The Bertz CT molecular complexity index is 506. The summed E-state index contributed by atoms with van der Waals surface area (Å²) in [6.45, 7) is 2.66. The van der Waals surface area contributed by atoms with Gasteiger partial charge in [-0.2, -0.15) is 0 Å². The maximum atomic E-state index is 11.8. The van der Waals surface area contributed by atoms with E-state index >= 15 is 0 Å². The summed E-state index contributed by atoms with van der Waals surface area (Å²) in [4.78, 5) is 15.7. The fraction of sp³-hybridized carbons (Fsp3) is 0.200. The van der Waals surface area contributed by atoms with Crippen LogP contribution >= 0.6 is 0 Å². The molecule has 2 aromatic rings. The molecule has 1 aromatic carbocycles. The van der Waals surface area contributed by atoms with E-state index in [-0.39, 0.29) is 5.91 Å². The molecule has 0 saturated heterocycles. The lowest BCUT2D eigenvalue weighted by Gasteiger charge is -2.05. The van der Waals surface area contributed by atoms with Crippen LogP contribution in [-0.4, -0.2) is 10.9 Å². The Kier molecular flexibility index (Phi) is 4.07. The standard InChI is InChI=1S/C15H16N2O/c1-2-12-5-7-13(8-6-12)10-17-15(18)14-4-3-9-16-11-14/h3-9,11H,2,10H2,1H3,(H,17,18). The van der Waals surface area contributed by atoms with E-state index in [2.05, 4.69) is 29.4 Å². The summed E-state index contributed by atoms with van der Waals surface area (Å²) in [5.74, 6) is -0.0948. The van der Waals surface area contributed by atoms with Gasteiger partial charge < -0.3 is 5.32 Å². The minimum Gasteiger partial charge on any atom is -0.348 e. The summed E-state index contributed by atoms with van der Waals surface area (Å²) in [7, 11) is 0. The number of carbonyl (C=O) groups is 1. The van der Waals surface area contributed by atoms with E-state index in [4.69, 9.17) is 0 Å². The zero-order valence-corrected chi connectivity index (χ0v) is 10.4. The Hall–Kier alpha value is -2.16. The Labute approximate surface area is 107 Å². The molecule has 0 bridgehead atoms. The van der Waals surface area contributed by atoms with Gasteiger partial charge in [-0.15, -0.1) is 0 Å². The molecule has 1 N–H and O–H groups in total. The monoisotopic (exact) mass is 240 g/mol. The van der Waals surface area contributed by atoms with Gasteiger partial charge in [-0.25, -0.2) is 0 Å². The summed E-state index contributed by atoms with van der Waals surface area (Å²) in [5.41, 5.74) is 2.99. The van der Waals surface area contributed by atoms with Gasteiger partial charge in [0.1, 0.15) is 0 Å². The van der Waals surface area contributed by atoms with Crippen LogP contribution in [0.15, 0.2) is 48.8 Å². The Morgan fingerprint density at radius 2 is 1.89 bits per heavy atom. The summed E-state index contributed by atoms with van der Waals surface area (Å²) >= 11 is 0. The van der Waals surface area contributed by atoms with Crippen molar-refractivity contribution in [3.63, 3.8) is 0 Å². The van der Waals surface area contributed by atoms with Gasteiger partial charge in [-0.05, 0) is 29.7 Å². The molecule has 0 spiro atoms. The number of carbonyl (C=O) groups excluding carboxylic acids is 1. The summed E-state index contributed by atoms with van der Waals surface area (Å²) in [6, 6.07) is 11.8. The number of rotatable bonds is 4. The number of nitrogens with zero attached hydrogens (tertiary/aromatic N) is 1. The Balaban J connectivity index is 1.93. The van der Waals surface area contributed by atoms with Gasteiger partial charge in [-0.1, -0.05) is 31.2 Å². The third-order valence-corrected chi connectivity index (χ3v) is 2.81. The van der Waals surface area contributed by atoms with Crippen molar-refractivity contribution in [2.75, 3.05) is 0 Å². The summed E-state index contributed by atoms with van der Waals surface area (Å²) < 4.78 is 0. The molecule has 0 fully saturated rings. The quantitative estimate of drug-likeness (QED) is 0.892. The minimum atomic E-state index is -0.0948. The van der Waals surface area contributed by atoms with E-state index in [0.29, 0.717) is 12.1 Å². The normalized spacial score (nSPS) is 10.1. The fourth-order valence-electron chi connectivity index (χ4n) is 1.67. The van der Waals surface area contributed by atoms with Crippen molar-refractivity contribution >= 4 is 5.91 Å². The molecule has 1 amide bonds. The molecule has 0 aliphatic heterocycles. The van der Waals surface area contributed by atoms with Gasteiger partial charge in [0.2, 0.25) is 0 Å². The van der Waals surface area contributed by atoms with Crippen LogP contribution in [0.2, 0.25) is 0 Å². The van der Waals surface area contributed by atoms with Crippen molar-refractivity contribution in [1.29, 1.82) is 0 Å². The third-order valence-electron chi connectivity index (χ3n) is 2.81. The smallest absolute Gasteiger partial charge is 0.253 e. The number of hydrogen-bond donors (Lipinski definition) is 1. The zero-order chi connectivity index (χ0) is 12.8. The second-order valence-electron chi connectivity index (χ2n) is 4.09. The van der Waals surface area contributed by atoms with Gasteiger partial charge >= 0.3 is 0 Å². The number of benzene rings is 1. The third kappa shape index (κ3) is 3.17. The predicted octanol–water partition coefficient (Wildman–Crippen LogP) is 2.57. The molecule has 0 atom stereocenters. The van der Waals surface area contributed by atoms with Crippen LogP contribution in [0, 0.1) is 0 Å². The Morgan fingerprint density at radius 1 is 1.17 bits per heavy atom. The van der Waals surface area contributed by atoms with Gasteiger partial charge in [0, 0.05) is 18.9 Å². The van der Waals surface area contributed by atoms with Crippen molar-refractivity contribution in [2.45, 2.75) is 19.9 Å². The van der Waals surface area contributed by atoms with Crippen molar-refractivity contribution in [3.8, 4) is 0 Å². The highest BCUT2D eigenvalue weighted by Gasteiger charge is 2.04. The highest BCUT2D eigenvalue weighted by Crippen LogP contribution is 2.05. The van der Waals surface area contributed by atoms with Crippen molar-refractivity contribution in [2.24, 2.45) is 0 Å². The van der Waals surface area contributed by atoms with Crippen LogP contribution in [0.1, 0.15) is 28.4 Å². The molecule has 0 saturated carbocycles. The molecular weight excluding hydrogens is 224 g/mol. The second-order valence-corrected chi connectivity index (χ2v) is 4.09. The number of hydrogen-bond acceptors (Lipinski definition) is 2. The average Bonchev–Trinajstić information content (AvgIpc) is 2.46. The topological polar surface area (TPSA) is 42.0 Å². The van der Waals surface area contributed by atoms with E-state index < -0.39 is 0 Å². The van der Waals surface area contributed by atoms with E-state index in [9.17, 15) is 4.79 Å². The molecule has 0 aliphatic rings. The fourth-order valence-corrected chi connectivity index (χ4v) is 1.67. The van der Waals surface area contributed by atoms with E-state index in [0.717, 1.165) is 12.0 Å². The highest BCUT2D eigenvalue weighted by atomic mass is 16.1. The van der Waals surface area contributed by atoms with Crippen LogP contribution in [0.5, 0.6) is 0 Å². The SMILES string of the molecule is CCc1ccc(CNC(=O)c2cccnc2)cc1. The number of pyridine rings is 1. The van der Waals surface area contributed by atoms with Crippen LogP contribution in [0.25, 0.3) is 0 Å². The maximum absolute atomic E-state index is 11.8. The van der Waals surface area contributed by atoms with Gasteiger partial charge in [0.15, 0.2) is 0 Å². The first-order valence-corrected chi connectivity index (χ1v) is 6.05. The zero-order valence-electron chi connectivity index (χ0n) is 10.4. The van der Waals surface area contributed by atoms with E-state index in [1.807, 2.05) is 12.1 Å². The first-order valence-electron chi connectivity index (χ1n) is 6.05. The molecule has 3 heteroatoms. The van der Waals surface area contributed by atoms with Gasteiger partial charge in [0.05, 0.1) is 5.56 Å². The van der Waals surface area contributed by atoms with Crippen LogP contribution in [-0.2, 0) is 13.0 Å². The number of amides is 1. The van der Waals surface area contributed by atoms with E-state index in [1.54, 1.807) is 24.5 Å². The van der Waals surface area contributed by atoms with E-state index in [1.165, 1.54) is 5.56 Å². The van der Waals surface area contributed by atoms with Crippen LogP contribution < -0.4 is 5.32 Å². The van der Waals surface area contributed by atoms with Crippen LogP contribution in [0.4, 0.5) is 0 Å². The van der Waals surface area contributed by atoms with Gasteiger partial charge in [-0.3, -0.25) is 9.78 Å². The second kappa shape index (κ2) is 5.96. The Morgan fingerprint density at radius 3 is 2.50 bits per heavy atom. The number of nitrogens with one attached hydrogen (secondary N) is 1. The first-order chi connectivity index (χ1) is 8.79. The molecule has 0 radical (unpaired) electrons. The summed E-state index contributed by atoms with van der Waals surface area (Å²) in [6.07, 6.45) is 4.25. The molecule has 1 heterocycles. The molecule has 92 valence electrons. The number of aryl methyl sites for hydroxylation is 1. The first kappa shape index (κ1) is 12.3. The van der Waals surface area contributed by atoms with Gasteiger partial charge in [0.25, 0.3) is 5.91 Å². The largest absolute Gasteiger partial charge is 0.348 e. The van der Waals surface area contributed by atoms with Crippen LogP contribution in [0.3, 0.4) is 0 Å². The predicted molar refractivity (Wildman–Crippen MR) is 71.2 cm³/mol. The maximum Gasteiger partial charge on any atom is 0.253 e. The lowest BCUT2D eigenvalue weighted by Crippen LogP contribution is -2.22. The lowest BCUT2D eigenvalue weighted by atomic mass is 10.1. The number of aromatic nitrogens is 1. The lowest BCUT2D eigenvalue weighted by molar-refractivity contribution is 0.0950. The molecule has 3 nitrogen and oxygen atoms in total.